The van der Waals surface area contributed by atoms with E-state index in [0.29, 0.717) is 29.7 Å². The van der Waals surface area contributed by atoms with Gasteiger partial charge in [-0.3, -0.25) is 4.99 Å². The molecule has 1 aliphatic rings. The van der Waals surface area contributed by atoms with Crippen LogP contribution in [0.1, 0.15) is 5.89 Å². The van der Waals surface area contributed by atoms with Crippen LogP contribution in [-0.4, -0.2) is 65.8 Å². The van der Waals surface area contributed by atoms with E-state index < -0.39 is 0 Å². The minimum atomic E-state index is 0. The monoisotopic (exact) mass is 553 g/mol. The van der Waals surface area contributed by atoms with Gasteiger partial charge in [0.15, 0.2) is 5.96 Å². The minimum Gasteiger partial charge on any atom is -0.356 e. The number of rotatable bonds is 5. The average molecular weight is 554 g/mol. The van der Waals surface area contributed by atoms with Gasteiger partial charge in [-0.25, -0.2) is 4.98 Å². The van der Waals surface area contributed by atoms with Crippen LogP contribution < -0.4 is 10.2 Å². The topological polar surface area (TPSA) is 82.7 Å². The van der Waals surface area contributed by atoms with Gasteiger partial charge in [-0.15, -0.1) is 24.0 Å². The molecule has 10 heteroatoms. The van der Waals surface area contributed by atoms with Crippen molar-refractivity contribution in [2.24, 2.45) is 4.99 Å². The number of aliphatic imine (C=N–C) groups is 1. The molecule has 1 fully saturated rings. The lowest BCUT2D eigenvalue weighted by Crippen LogP contribution is -2.53. The fraction of sp³-hybridized carbons (Fsp3) is 0.333. The van der Waals surface area contributed by atoms with Crippen LogP contribution >= 0.6 is 35.6 Å². The Kier molecular flexibility index (Phi) is 8.47. The van der Waals surface area contributed by atoms with Gasteiger partial charge in [0.05, 0.1) is 0 Å². The molecule has 0 spiro atoms. The summed E-state index contributed by atoms with van der Waals surface area (Å²) in [7, 11) is 1.80. The summed E-state index contributed by atoms with van der Waals surface area (Å²) in [4.78, 5) is 17.9. The summed E-state index contributed by atoms with van der Waals surface area (Å²) < 4.78 is 5.37. The number of hydrogen-bond donors (Lipinski definition) is 1. The highest BCUT2D eigenvalue weighted by Gasteiger charge is 2.20. The Labute approximate surface area is 203 Å². The van der Waals surface area contributed by atoms with E-state index >= 15 is 0 Å². The standard InChI is InChI=1S/C21H24ClN7O.HI/c1-23-21(29-14-12-28(13-15-29)18-4-2-3-10-24-18)25-11-9-19-26-20(27-30-19)16-5-7-17(22)8-6-16;/h2-8,10H,9,11-15H2,1H3,(H,23,25);1H. The second kappa shape index (κ2) is 11.3. The second-order valence-electron chi connectivity index (χ2n) is 6.90. The van der Waals surface area contributed by atoms with Crippen molar-refractivity contribution < 1.29 is 4.52 Å². The molecule has 1 aliphatic heterocycles. The van der Waals surface area contributed by atoms with Gasteiger partial charge in [-0.1, -0.05) is 22.8 Å². The molecule has 31 heavy (non-hydrogen) atoms. The molecule has 3 heterocycles. The van der Waals surface area contributed by atoms with Gasteiger partial charge in [0.2, 0.25) is 11.7 Å². The molecule has 1 saturated heterocycles. The zero-order valence-corrected chi connectivity index (χ0v) is 20.3. The van der Waals surface area contributed by atoms with E-state index in [2.05, 4.69) is 35.2 Å². The first-order valence-electron chi connectivity index (χ1n) is 9.93. The summed E-state index contributed by atoms with van der Waals surface area (Å²) >= 11 is 5.93. The van der Waals surface area contributed by atoms with E-state index in [1.807, 2.05) is 48.7 Å². The van der Waals surface area contributed by atoms with Crippen molar-refractivity contribution in [2.75, 3.05) is 44.7 Å². The Morgan fingerprint density at radius 2 is 1.90 bits per heavy atom. The lowest BCUT2D eigenvalue weighted by Gasteiger charge is -2.37. The number of halogens is 2. The summed E-state index contributed by atoms with van der Waals surface area (Å²) in [6.07, 6.45) is 2.45. The molecule has 0 radical (unpaired) electrons. The molecule has 0 bridgehead atoms. The summed E-state index contributed by atoms with van der Waals surface area (Å²) in [5.41, 5.74) is 0.879. The molecule has 0 unspecified atom stereocenters. The highest BCUT2D eigenvalue weighted by atomic mass is 127. The van der Waals surface area contributed by atoms with Crippen LogP contribution in [0.2, 0.25) is 5.02 Å². The molecule has 0 saturated carbocycles. The molecule has 8 nitrogen and oxygen atoms in total. The molecule has 0 atom stereocenters. The first-order valence-corrected chi connectivity index (χ1v) is 10.3. The lowest BCUT2D eigenvalue weighted by molar-refractivity contribution is 0.364. The largest absolute Gasteiger partial charge is 0.356 e. The second-order valence-corrected chi connectivity index (χ2v) is 7.34. The van der Waals surface area contributed by atoms with Crippen molar-refractivity contribution in [3.05, 3.63) is 59.6 Å². The Hall–Kier alpha value is -2.40. The van der Waals surface area contributed by atoms with E-state index in [4.69, 9.17) is 16.1 Å². The van der Waals surface area contributed by atoms with Crippen LogP contribution in [0.3, 0.4) is 0 Å². The summed E-state index contributed by atoms with van der Waals surface area (Å²) in [6.45, 7) is 4.25. The smallest absolute Gasteiger partial charge is 0.228 e. The van der Waals surface area contributed by atoms with Crippen LogP contribution in [0.15, 0.2) is 58.2 Å². The average Bonchev–Trinajstić information content (AvgIpc) is 3.27. The number of guanidine groups is 1. The van der Waals surface area contributed by atoms with Crippen molar-refractivity contribution in [1.29, 1.82) is 0 Å². The number of hydrogen-bond acceptors (Lipinski definition) is 6. The molecular formula is C21H25ClIN7O. The van der Waals surface area contributed by atoms with E-state index in [0.717, 1.165) is 43.5 Å². The zero-order valence-electron chi connectivity index (χ0n) is 17.2. The van der Waals surface area contributed by atoms with Gasteiger partial charge in [0.25, 0.3) is 0 Å². The first-order chi connectivity index (χ1) is 14.7. The van der Waals surface area contributed by atoms with Crippen LogP contribution in [-0.2, 0) is 6.42 Å². The first kappa shape index (κ1) is 23.3. The quantitative estimate of drug-likeness (QED) is 0.295. The zero-order chi connectivity index (χ0) is 20.8. The summed E-state index contributed by atoms with van der Waals surface area (Å²) in [5.74, 6) is 3.06. The Morgan fingerprint density at radius 3 is 2.58 bits per heavy atom. The van der Waals surface area contributed by atoms with E-state index in [1.54, 1.807) is 7.05 Å². The molecule has 0 amide bonds. The van der Waals surface area contributed by atoms with Crippen molar-refractivity contribution in [1.82, 2.24) is 25.3 Å². The molecule has 1 N–H and O–H groups in total. The number of benzene rings is 1. The number of nitrogens with one attached hydrogen (secondary N) is 1. The van der Waals surface area contributed by atoms with Gasteiger partial charge >= 0.3 is 0 Å². The van der Waals surface area contributed by atoms with Crippen molar-refractivity contribution in [3.8, 4) is 11.4 Å². The normalized spacial score (nSPS) is 14.3. The van der Waals surface area contributed by atoms with E-state index in [1.165, 1.54) is 0 Å². The third-order valence-corrected chi connectivity index (χ3v) is 5.21. The van der Waals surface area contributed by atoms with Crippen LogP contribution in [0.5, 0.6) is 0 Å². The maximum absolute atomic E-state index is 5.93. The molecule has 4 rings (SSSR count). The Balaban J connectivity index is 0.00000272. The van der Waals surface area contributed by atoms with Crippen LogP contribution in [0.4, 0.5) is 5.82 Å². The molecular weight excluding hydrogens is 529 g/mol. The summed E-state index contributed by atoms with van der Waals surface area (Å²) in [6, 6.07) is 13.4. The molecule has 2 aromatic heterocycles. The fourth-order valence-electron chi connectivity index (χ4n) is 3.37. The van der Waals surface area contributed by atoms with E-state index in [9.17, 15) is 0 Å². The highest BCUT2D eigenvalue weighted by molar-refractivity contribution is 14.0. The predicted octanol–water partition coefficient (Wildman–Crippen LogP) is 3.34. The highest BCUT2D eigenvalue weighted by Crippen LogP contribution is 2.18. The predicted molar refractivity (Wildman–Crippen MR) is 133 cm³/mol. The van der Waals surface area contributed by atoms with E-state index in [-0.39, 0.29) is 24.0 Å². The van der Waals surface area contributed by atoms with Gasteiger partial charge in [-0.2, -0.15) is 4.98 Å². The molecule has 3 aromatic rings. The number of anilines is 1. The number of piperazine rings is 1. The number of pyridine rings is 1. The minimum absolute atomic E-state index is 0. The summed E-state index contributed by atoms with van der Waals surface area (Å²) in [5, 5.41) is 8.13. The third-order valence-electron chi connectivity index (χ3n) is 4.96. The van der Waals surface area contributed by atoms with Gasteiger partial charge < -0.3 is 19.6 Å². The fourth-order valence-corrected chi connectivity index (χ4v) is 3.50. The molecule has 164 valence electrons. The van der Waals surface area contributed by atoms with Gasteiger partial charge in [0, 0.05) is 63.0 Å². The number of nitrogens with zero attached hydrogens (tertiary/aromatic N) is 6. The van der Waals surface area contributed by atoms with Crippen molar-refractivity contribution >= 4 is 47.4 Å². The van der Waals surface area contributed by atoms with Crippen LogP contribution in [0.25, 0.3) is 11.4 Å². The molecule has 1 aromatic carbocycles. The van der Waals surface area contributed by atoms with Gasteiger partial charge in [0.1, 0.15) is 5.82 Å². The molecule has 0 aliphatic carbocycles. The SMILES string of the molecule is CN=C(NCCc1nc(-c2ccc(Cl)cc2)no1)N1CCN(c2ccccn2)CC1.I. The number of aromatic nitrogens is 3. The van der Waals surface area contributed by atoms with Gasteiger partial charge in [-0.05, 0) is 36.4 Å². The Morgan fingerprint density at radius 1 is 1.13 bits per heavy atom. The Bertz CT molecular complexity index is 973. The third kappa shape index (κ3) is 6.07. The van der Waals surface area contributed by atoms with Crippen molar-refractivity contribution in [3.63, 3.8) is 0 Å². The maximum Gasteiger partial charge on any atom is 0.228 e. The van der Waals surface area contributed by atoms with Crippen molar-refractivity contribution in [2.45, 2.75) is 6.42 Å². The maximum atomic E-state index is 5.93. The lowest BCUT2D eigenvalue weighted by atomic mass is 10.2. The van der Waals surface area contributed by atoms with Crippen LogP contribution in [0, 0.1) is 0 Å².